The molecule has 140 valence electrons. The predicted octanol–water partition coefficient (Wildman–Crippen LogP) is 3.53. The summed E-state index contributed by atoms with van der Waals surface area (Å²) in [6, 6.07) is 12.8. The van der Waals surface area contributed by atoms with Crippen molar-refractivity contribution < 1.29 is 19.5 Å². The maximum Gasteiger partial charge on any atom is 0.335 e. The molecule has 7 heteroatoms. The Labute approximate surface area is 161 Å². The van der Waals surface area contributed by atoms with E-state index in [-0.39, 0.29) is 23.3 Å². The Morgan fingerprint density at radius 2 is 1.81 bits per heavy atom. The van der Waals surface area contributed by atoms with Gasteiger partial charge in [0.1, 0.15) is 0 Å². The average Bonchev–Trinajstić information content (AvgIpc) is 2.68. The molecule has 0 radical (unpaired) electrons. The first-order valence-corrected chi connectivity index (χ1v) is 9.01. The van der Waals surface area contributed by atoms with Crippen LogP contribution in [0.1, 0.15) is 33.6 Å². The number of hydrogen-bond donors (Lipinski definition) is 2. The average molecular weight is 387 g/mol. The molecule has 0 bridgehead atoms. The van der Waals surface area contributed by atoms with Gasteiger partial charge in [0.25, 0.3) is 5.91 Å². The van der Waals surface area contributed by atoms with Crippen LogP contribution in [0.5, 0.6) is 0 Å². The maximum absolute atomic E-state index is 12.6. The zero-order valence-electron chi connectivity index (χ0n) is 14.5. The third-order valence-electron chi connectivity index (χ3n) is 4.55. The van der Waals surface area contributed by atoms with E-state index >= 15 is 0 Å². The number of likely N-dealkylation sites (tertiary alicyclic amines) is 1. The highest BCUT2D eigenvalue weighted by atomic mass is 35.5. The third-order valence-corrected chi connectivity index (χ3v) is 4.80. The van der Waals surface area contributed by atoms with Crippen molar-refractivity contribution in [1.82, 2.24) is 4.90 Å². The Balaban J connectivity index is 1.66. The van der Waals surface area contributed by atoms with Crippen LogP contribution in [0.4, 0.5) is 5.69 Å². The number of anilines is 1. The molecule has 3 rings (SSSR count). The minimum Gasteiger partial charge on any atom is -0.478 e. The van der Waals surface area contributed by atoms with Gasteiger partial charge in [-0.05, 0) is 55.3 Å². The van der Waals surface area contributed by atoms with Crippen LogP contribution in [0.2, 0.25) is 5.02 Å². The maximum atomic E-state index is 12.6. The van der Waals surface area contributed by atoms with Crippen molar-refractivity contribution >= 4 is 35.1 Å². The van der Waals surface area contributed by atoms with Gasteiger partial charge in [-0.25, -0.2) is 4.79 Å². The van der Waals surface area contributed by atoms with Gasteiger partial charge in [0.05, 0.1) is 11.5 Å². The molecule has 2 N–H and O–H groups in total. The summed E-state index contributed by atoms with van der Waals surface area (Å²) in [5, 5.41) is 12.4. The van der Waals surface area contributed by atoms with Crippen molar-refractivity contribution in [3.8, 4) is 0 Å². The highest BCUT2D eigenvalue weighted by Crippen LogP contribution is 2.21. The Morgan fingerprint density at radius 1 is 1.07 bits per heavy atom. The van der Waals surface area contributed by atoms with E-state index in [2.05, 4.69) is 5.32 Å². The molecule has 1 aliphatic heterocycles. The normalized spacial score (nSPS) is 16.6. The Morgan fingerprint density at radius 3 is 2.52 bits per heavy atom. The standard InChI is InChI=1S/C20H19ClN2O4/c21-16-8-6-13(7-9-16)19(25)23-10-2-4-15(12-23)18(24)22-17-5-1-3-14(11-17)20(26)27/h1,3,5-9,11,15H,2,4,10,12H2,(H,22,24)(H,26,27). The van der Waals surface area contributed by atoms with Gasteiger partial charge in [0, 0.05) is 29.4 Å². The zero-order valence-corrected chi connectivity index (χ0v) is 15.3. The second kappa shape index (κ2) is 8.22. The van der Waals surface area contributed by atoms with Gasteiger partial charge in [0.2, 0.25) is 5.91 Å². The topological polar surface area (TPSA) is 86.7 Å². The van der Waals surface area contributed by atoms with Gasteiger partial charge in [-0.2, -0.15) is 0 Å². The van der Waals surface area contributed by atoms with Crippen molar-refractivity contribution in [2.75, 3.05) is 18.4 Å². The van der Waals surface area contributed by atoms with E-state index in [9.17, 15) is 14.4 Å². The summed E-state index contributed by atoms with van der Waals surface area (Å²) in [7, 11) is 0. The summed E-state index contributed by atoms with van der Waals surface area (Å²) in [6.45, 7) is 0.922. The molecule has 6 nitrogen and oxygen atoms in total. The van der Waals surface area contributed by atoms with Crippen molar-refractivity contribution in [2.45, 2.75) is 12.8 Å². The predicted molar refractivity (Wildman–Crippen MR) is 102 cm³/mol. The molecule has 0 spiro atoms. The molecular formula is C20H19ClN2O4. The summed E-state index contributed by atoms with van der Waals surface area (Å²) < 4.78 is 0. The summed E-state index contributed by atoms with van der Waals surface area (Å²) in [4.78, 5) is 37.9. The van der Waals surface area contributed by atoms with Crippen molar-refractivity contribution in [3.05, 3.63) is 64.7 Å². The van der Waals surface area contributed by atoms with Crippen LogP contribution in [0.25, 0.3) is 0 Å². The summed E-state index contributed by atoms with van der Waals surface area (Å²) in [5.74, 6) is -1.74. The first kappa shape index (κ1) is 18.9. The van der Waals surface area contributed by atoms with Crippen LogP contribution in [0, 0.1) is 5.92 Å². The van der Waals surface area contributed by atoms with Gasteiger partial charge in [-0.1, -0.05) is 17.7 Å². The lowest BCUT2D eigenvalue weighted by atomic mass is 9.96. The fourth-order valence-electron chi connectivity index (χ4n) is 3.12. The second-order valence-electron chi connectivity index (χ2n) is 6.47. The molecule has 2 amide bonds. The van der Waals surface area contributed by atoms with Crippen LogP contribution in [-0.2, 0) is 4.79 Å². The second-order valence-corrected chi connectivity index (χ2v) is 6.91. The molecule has 1 heterocycles. The van der Waals surface area contributed by atoms with E-state index in [4.69, 9.17) is 16.7 Å². The SMILES string of the molecule is O=C(O)c1cccc(NC(=O)C2CCCN(C(=O)c3ccc(Cl)cc3)C2)c1. The van der Waals surface area contributed by atoms with E-state index in [0.29, 0.717) is 35.8 Å². The molecule has 0 aliphatic carbocycles. The molecule has 1 unspecified atom stereocenters. The highest BCUT2D eigenvalue weighted by molar-refractivity contribution is 6.30. The lowest BCUT2D eigenvalue weighted by Crippen LogP contribution is -2.43. The number of halogens is 1. The van der Waals surface area contributed by atoms with E-state index < -0.39 is 5.97 Å². The fourth-order valence-corrected chi connectivity index (χ4v) is 3.25. The fraction of sp³-hybridized carbons (Fsp3) is 0.250. The van der Waals surface area contributed by atoms with Gasteiger partial charge in [-0.3, -0.25) is 9.59 Å². The van der Waals surface area contributed by atoms with Crippen LogP contribution in [0.15, 0.2) is 48.5 Å². The van der Waals surface area contributed by atoms with Crippen LogP contribution >= 0.6 is 11.6 Å². The molecule has 0 aromatic heterocycles. The lowest BCUT2D eigenvalue weighted by molar-refractivity contribution is -0.121. The first-order valence-electron chi connectivity index (χ1n) is 8.63. The van der Waals surface area contributed by atoms with E-state index in [1.807, 2.05) is 0 Å². The van der Waals surface area contributed by atoms with Gasteiger partial charge in [-0.15, -0.1) is 0 Å². The number of piperidine rings is 1. The smallest absolute Gasteiger partial charge is 0.335 e. The monoisotopic (exact) mass is 386 g/mol. The molecule has 1 saturated heterocycles. The number of aromatic carboxylic acids is 1. The Kier molecular flexibility index (Phi) is 5.76. The molecule has 2 aromatic carbocycles. The zero-order chi connectivity index (χ0) is 19.4. The van der Waals surface area contributed by atoms with Crippen molar-refractivity contribution in [3.63, 3.8) is 0 Å². The van der Waals surface area contributed by atoms with Crippen molar-refractivity contribution in [1.29, 1.82) is 0 Å². The van der Waals surface area contributed by atoms with Gasteiger partial charge in [0.15, 0.2) is 0 Å². The largest absolute Gasteiger partial charge is 0.478 e. The van der Waals surface area contributed by atoms with E-state index in [1.165, 1.54) is 12.1 Å². The summed E-state index contributed by atoms with van der Waals surface area (Å²) >= 11 is 5.86. The third kappa shape index (κ3) is 4.65. The Bertz CT molecular complexity index is 867. The molecule has 1 aliphatic rings. The number of carbonyl (C=O) groups excluding carboxylic acids is 2. The molecule has 2 aromatic rings. The highest BCUT2D eigenvalue weighted by Gasteiger charge is 2.29. The number of amides is 2. The van der Waals surface area contributed by atoms with E-state index in [0.717, 1.165) is 6.42 Å². The molecule has 1 fully saturated rings. The van der Waals surface area contributed by atoms with Crippen LogP contribution in [-0.4, -0.2) is 40.9 Å². The summed E-state index contributed by atoms with van der Waals surface area (Å²) in [6.07, 6.45) is 1.40. The van der Waals surface area contributed by atoms with E-state index in [1.54, 1.807) is 41.3 Å². The van der Waals surface area contributed by atoms with Crippen LogP contribution < -0.4 is 5.32 Å². The minimum atomic E-state index is -1.05. The Hall–Kier alpha value is -2.86. The summed E-state index contributed by atoms with van der Waals surface area (Å²) in [5.41, 5.74) is 1.08. The molecule has 27 heavy (non-hydrogen) atoms. The number of rotatable bonds is 4. The molecule has 0 saturated carbocycles. The number of benzene rings is 2. The molecule has 1 atom stereocenters. The van der Waals surface area contributed by atoms with Crippen LogP contribution in [0.3, 0.4) is 0 Å². The number of nitrogens with one attached hydrogen (secondary N) is 1. The number of hydrogen-bond acceptors (Lipinski definition) is 3. The first-order chi connectivity index (χ1) is 12.9. The number of nitrogens with zero attached hydrogens (tertiary/aromatic N) is 1. The van der Waals surface area contributed by atoms with Gasteiger partial charge < -0.3 is 15.3 Å². The minimum absolute atomic E-state index is 0.107. The number of carbonyl (C=O) groups is 3. The van der Waals surface area contributed by atoms with Crippen molar-refractivity contribution in [2.24, 2.45) is 5.92 Å². The number of carboxylic acids is 1. The van der Waals surface area contributed by atoms with Gasteiger partial charge >= 0.3 is 5.97 Å². The quantitative estimate of drug-likeness (QED) is 0.841. The molecular weight excluding hydrogens is 368 g/mol. The lowest BCUT2D eigenvalue weighted by Gasteiger charge is -2.32. The number of carboxylic acid groups (broad SMARTS) is 1.